The molecule has 3 aromatic rings. The van der Waals surface area contributed by atoms with Crippen molar-refractivity contribution in [1.82, 2.24) is 9.97 Å². The average molecular weight is 463 g/mol. The molecule has 2 aromatic carbocycles. The van der Waals surface area contributed by atoms with E-state index in [0.717, 1.165) is 36.8 Å². The van der Waals surface area contributed by atoms with Crippen LogP contribution in [0.3, 0.4) is 0 Å². The molecule has 0 saturated carbocycles. The molecule has 180 valence electrons. The third-order valence-corrected chi connectivity index (χ3v) is 5.94. The Morgan fingerprint density at radius 3 is 2.15 bits per heavy atom. The summed E-state index contributed by atoms with van der Waals surface area (Å²) >= 11 is 0. The molecule has 0 unspecified atom stereocenters. The maximum atomic E-state index is 14.5. The van der Waals surface area contributed by atoms with E-state index in [0.29, 0.717) is 23.6 Å². The number of hydrogen-bond donors (Lipinski definition) is 0. The Labute approximate surface area is 202 Å². The number of rotatable bonds is 13. The van der Waals surface area contributed by atoms with Crippen molar-refractivity contribution in [2.24, 2.45) is 0 Å². The van der Waals surface area contributed by atoms with Gasteiger partial charge in [-0.15, -0.1) is 0 Å². The summed E-state index contributed by atoms with van der Waals surface area (Å²) in [5.74, 6) is 0.0965. The third-order valence-electron chi connectivity index (χ3n) is 5.94. The van der Waals surface area contributed by atoms with E-state index in [1.165, 1.54) is 38.2 Å². The molecule has 1 aromatic heterocycles. The average Bonchev–Trinajstić information content (AvgIpc) is 2.86. The number of carbonyl (C=O) groups is 1. The highest BCUT2D eigenvalue weighted by Crippen LogP contribution is 2.21. The fraction of sp³-hybridized carbons (Fsp3) is 0.414. The van der Waals surface area contributed by atoms with Crippen LogP contribution >= 0.6 is 0 Å². The van der Waals surface area contributed by atoms with E-state index < -0.39 is 5.97 Å². The highest BCUT2D eigenvalue weighted by Gasteiger charge is 2.13. The molecule has 34 heavy (non-hydrogen) atoms. The molecule has 0 bridgehead atoms. The van der Waals surface area contributed by atoms with Gasteiger partial charge in [0.05, 0.1) is 5.56 Å². The number of halogens is 1. The van der Waals surface area contributed by atoms with E-state index in [4.69, 9.17) is 4.74 Å². The van der Waals surface area contributed by atoms with Gasteiger partial charge >= 0.3 is 5.97 Å². The van der Waals surface area contributed by atoms with Crippen molar-refractivity contribution in [3.63, 3.8) is 0 Å². The molecule has 1 heterocycles. The molecule has 0 N–H and O–H groups in total. The summed E-state index contributed by atoms with van der Waals surface area (Å²) in [6.07, 6.45) is 14.6. The summed E-state index contributed by atoms with van der Waals surface area (Å²) in [5.41, 5.74) is 2.83. The zero-order chi connectivity index (χ0) is 24.2. The minimum Gasteiger partial charge on any atom is -0.423 e. The highest BCUT2D eigenvalue weighted by molar-refractivity contribution is 5.91. The van der Waals surface area contributed by atoms with Gasteiger partial charge in [-0.2, -0.15) is 0 Å². The van der Waals surface area contributed by atoms with Gasteiger partial charge < -0.3 is 4.74 Å². The molecule has 0 spiro atoms. The number of aryl methyl sites for hydroxylation is 2. The van der Waals surface area contributed by atoms with Gasteiger partial charge in [-0.3, -0.25) is 0 Å². The quantitative estimate of drug-likeness (QED) is 0.148. The van der Waals surface area contributed by atoms with Crippen LogP contribution in [0.15, 0.2) is 54.9 Å². The largest absolute Gasteiger partial charge is 0.423 e. The van der Waals surface area contributed by atoms with Crippen LogP contribution in [-0.4, -0.2) is 15.9 Å². The van der Waals surface area contributed by atoms with Crippen LogP contribution in [0.25, 0.3) is 11.4 Å². The van der Waals surface area contributed by atoms with E-state index in [2.05, 4.69) is 23.8 Å². The van der Waals surface area contributed by atoms with Crippen molar-refractivity contribution in [2.45, 2.75) is 78.1 Å². The van der Waals surface area contributed by atoms with Crippen molar-refractivity contribution in [1.29, 1.82) is 0 Å². The van der Waals surface area contributed by atoms with Crippen LogP contribution in [0.2, 0.25) is 0 Å². The first-order valence-electron chi connectivity index (χ1n) is 12.5. The van der Waals surface area contributed by atoms with E-state index in [9.17, 15) is 9.18 Å². The Morgan fingerprint density at radius 2 is 1.47 bits per heavy atom. The minimum atomic E-state index is -0.575. The van der Waals surface area contributed by atoms with E-state index >= 15 is 0 Å². The summed E-state index contributed by atoms with van der Waals surface area (Å²) < 4.78 is 19.9. The number of aromatic nitrogens is 2. The van der Waals surface area contributed by atoms with Gasteiger partial charge in [0.15, 0.2) is 5.82 Å². The minimum absolute atomic E-state index is 0.207. The number of hydrogen-bond acceptors (Lipinski definition) is 4. The van der Waals surface area contributed by atoms with Crippen LogP contribution in [0.5, 0.6) is 5.75 Å². The third kappa shape index (κ3) is 7.75. The van der Waals surface area contributed by atoms with Gasteiger partial charge in [0.1, 0.15) is 11.6 Å². The molecule has 0 aliphatic rings. The van der Waals surface area contributed by atoms with Crippen LogP contribution < -0.4 is 4.74 Å². The Morgan fingerprint density at radius 1 is 0.824 bits per heavy atom. The first kappa shape index (κ1) is 25.5. The first-order valence-corrected chi connectivity index (χ1v) is 12.5. The SMILES string of the molecule is CCCCCCCc1ccc(C(=O)Oc2ccc(-c3ncc(CCCCC)cn3)cc2)cc1F. The Kier molecular flexibility index (Phi) is 10.2. The summed E-state index contributed by atoms with van der Waals surface area (Å²) in [5, 5.41) is 0. The summed E-state index contributed by atoms with van der Waals surface area (Å²) in [7, 11) is 0. The van der Waals surface area contributed by atoms with Crippen LogP contribution in [0.4, 0.5) is 4.39 Å². The second-order valence-corrected chi connectivity index (χ2v) is 8.76. The lowest BCUT2D eigenvalue weighted by atomic mass is 10.0. The maximum Gasteiger partial charge on any atom is 0.343 e. The molecule has 0 radical (unpaired) electrons. The van der Waals surface area contributed by atoms with E-state index in [-0.39, 0.29) is 11.4 Å². The van der Waals surface area contributed by atoms with Gasteiger partial charge in [0, 0.05) is 18.0 Å². The first-order chi connectivity index (χ1) is 16.6. The smallest absolute Gasteiger partial charge is 0.343 e. The zero-order valence-corrected chi connectivity index (χ0v) is 20.4. The van der Waals surface area contributed by atoms with Gasteiger partial charge in [-0.1, -0.05) is 58.4 Å². The maximum absolute atomic E-state index is 14.5. The molecule has 3 rings (SSSR count). The number of unbranched alkanes of at least 4 members (excludes halogenated alkanes) is 6. The predicted molar refractivity (Wildman–Crippen MR) is 135 cm³/mol. The van der Waals surface area contributed by atoms with E-state index in [1.807, 2.05) is 24.5 Å². The zero-order valence-electron chi connectivity index (χ0n) is 20.4. The van der Waals surface area contributed by atoms with Crippen molar-refractivity contribution < 1.29 is 13.9 Å². The fourth-order valence-corrected chi connectivity index (χ4v) is 3.85. The lowest BCUT2D eigenvalue weighted by Crippen LogP contribution is -2.09. The summed E-state index contributed by atoms with van der Waals surface area (Å²) in [4.78, 5) is 21.4. The van der Waals surface area contributed by atoms with Crippen molar-refractivity contribution in [3.8, 4) is 17.1 Å². The second kappa shape index (κ2) is 13.6. The van der Waals surface area contributed by atoms with Gasteiger partial charge in [0.25, 0.3) is 0 Å². The number of benzene rings is 2. The molecule has 0 saturated heterocycles. The van der Waals surface area contributed by atoms with Crippen LogP contribution in [-0.2, 0) is 12.8 Å². The molecule has 4 nitrogen and oxygen atoms in total. The van der Waals surface area contributed by atoms with Crippen molar-refractivity contribution in [2.75, 3.05) is 0 Å². The Hall–Kier alpha value is -3.08. The number of carbonyl (C=O) groups excluding carboxylic acids is 1. The highest BCUT2D eigenvalue weighted by atomic mass is 19.1. The fourth-order valence-electron chi connectivity index (χ4n) is 3.85. The lowest BCUT2D eigenvalue weighted by molar-refractivity contribution is 0.0734. The molecular formula is C29H35FN2O2. The number of ether oxygens (including phenoxy) is 1. The van der Waals surface area contributed by atoms with Gasteiger partial charge in [-0.25, -0.2) is 19.2 Å². The topological polar surface area (TPSA) is 52.1 Å². The van der Waals surface area contributed by atoms with Crippen molar-refractivity contribution >= 4 is 5.97 Å². The Bertz CT molecular complexity index is 1030. The molecule has 0 atom stereocenters. The lowest BCUT2D eigenvalue weighted by Gasteiger charge is -2.08. The second-order valence-electron chi connectivity index (χ2n) is 8.76. The predicted octanol–water partition coefficient (Wildman–Crippen LogP) is 7.75. The molecule has 0 aliphatic carbocycles. The number of nitrogens with zero attached hydrogens (tertiary/aromatic N) is 2. The van der Waals surface area contributed by atoms with Crippen molar-refractivity contribution in [3.05, 3.63) is 77.4 Å². The normalized spacial score (nSPS) is 10.9. The molecule has 0 aliphatic heterocycles. The van der Waals surface area contributed by atoms with Crippen LogP contribution in [0, 0.1) is 5.82 Å². The number of esters is 1. The van der Waals surface area contributed by atoms with Gasteiger partial charge in [0.2, 0.25) is 0 Å². The molecule has 0 amide bonds. The standard InChI is InChI=1S/C29H35FN2O2/c1-3-5-7-8-10-12-23-13-14-25(19-27(23)30)29(33)34-26-17-15-24(16-18-26)28-31-20-22(21-32-28)11-9-6-4-2/h13-21H,3-12H2,1-2H3. The molecule has 5 heteroatoms. The van der Waals surface area contributed by atoms with Crippen LogP contribution in [0.1, 0.15) is 86.7 Å². The van der Waals surface area contributed by atoms with Gasteiger partial charge in [-0.05, 0) is 73.2 Å². The van der Waals surface area contributed by atoms with E-state index in [1.54, 1.807) is 24.3 Å². The Balaban J connectivity index is 1.54. The summed E-state index contributed by atoms with van der Waals surface area (Å²) in [6, 6.07) is 11.6. The molecular weight excluding hydrogens is 427 g/mol. The summed E-state index contributed by atoms with van der Waals surface area (Å²) in [6.45, 7) is 4.36. The monoisotopic (exact) mass is 462 g/mol. The molecule has 0 fully saturated rings.